The quantitative estimate of drug-likeness (QED) is 0.717. The molecule has 2 aliphatic heterocycles. The highest BCUT2D eigenvalue weighted by Crippen LogP contribution is 2.32. The summed E-state index contributed by atoms with van der Waals surface area (Å²) < 4.78 is 5.88. The number of allylic oxidation sites excluding steroid dienone is 2. The van der Waals surface area contributed by atoms with Crippen molar-refractivity contribution in [1.82, 2.24) is 10.2 Å². The van der Waals surface area contributed by atoms with Crippen molar-refractivity contribution in [3.63, 3.8) is 0 Å². The van der Waals surface area contributed by atoms with E-state index in [-0.39, 0.29) is 12.4 Å². The van der Waals surface area contributed by atoms with E-state index < -0.39 is 0 Å². The number of nitrogens with one attached hydrogen (secondary N) is 1. The third kappa shape index (κ3) is 1.66. The molecule has 0 saturated carbocycles. The molecule has 1 aromatic rings. The largest absolute Gasteiger partial charge is 0.472 e. The van der Waals surface area contributed by atoms with Crippen molar-refractivity contribution in [3.05, 3.63) is 53.9 Å². The number of ether oxygens (including phenoxy) is 1. The van der Waals surface area contributed by atoms with Crippen molar-refractivity contribution < 1.29 is 4.74 Å². The number of nitrogen functional groups attached to an aromatic ring is 1. The zero-order valence-corrected chi connectivity index (χ0v) is 9.63. The van der Waals surface area contributed by atoms with Gasteiger partial charge in [-0.2, -0.15) is 0 Å². The van der Waals surface area contributed by atoms with Gasteiger partial charge in [0.2, 0.25) is 0 Å². The predicted octanol–water partition coefficient (Wildman–Crippen LogP) is 1.56. The second-order valence-corrected chi connectivity index (χ2v) is 4.27. The lowest BCUT2D eigenvalue weighted by Crippen LogP contribution is -2.38. The first-order valence-corrected chi connectivity index (χ1v) is 5.63. The van der Waals surface area contributed by atoms with Gasteiger partial charge >= 0.3 is 0 Å². The van der Waals surface area contributed by atoms with E-state index in [4.69, 9.17) is 10.5 Å². The summed E-state index contributed by atoms with van der Waals surface area (Å²) in [6.07, 6.45) is 5.90. The molecule has 4 nitrogen and oxygen atoms in total. The molecule has 3 N–H and O–H groups in total. The van der Waals surface area contributed by atoms with Crippen LogP contribution in [0.5, 0.6) is 0 Å². The average molecular weight is 229 g/mol. The standard InChI is InChI=1S/C13H15N3O/c1-16-8-4-7-11-12(16)15-13(17-11)9-5-2-3-6-10(9)14/h2-8,12-13,15H,14H2,1H3. The maximum absolute atomic E-state index is 5.96. The van der Waals surface area contributed by atoms with Crippen molar-refractivity contribution in [2.75, 3.05) is 12.8 Å². The molecule has 2 unspecified atom stereocenters. The highest BCUT2D eigenvalue weighted by Gasteiger charge is 2.34. The van der Waals surface area contributed by atoms with Crippen LogP contribution in [0.3, 0.4) is 0 Å². The van der Waals surface area contributed by atoms with Crippen LogP contribution >= 0.6 is 0 Å². The Kier molecular flexibility index (Phi) is 2.30. The maximum Gasteiger partial charge on any atom is 0.180 e. The van der Waals surface area contributed by atoms with Gasteiger partial charge in [-0.15, -0.1) is 0 Å². The summed E-state index contributed by atoms with van der Waals surface area (Å²) in [4.78, 5) is 2.08. The summed E-state index contributed by atoms with van der Waals surface area (Å²) in [6.45, 7) is 0. The molecule has 0 radical (unpaired) electrons. The van der Waals surface area contributed by atoms with Gasteiger partial charge in [0.15, 0.2) is 6.23 Å². The Balaban J connectivity index is 1.88. The van der Waals surface area contributed by atoms with Crippen LogP contribution < -0.4 is 11.1 Å². The van der Waals surface area contributed by atoms with Crippen molar-refractivity contribution in [3.8, 4) is 0 Å². The SMILES string of the molecule is CN1C=CC=C2OC(c3ccccc3N)NC21. The fraction of sp³-hybridized carbons (Fsp3) is 0.231. The molecule has 1 saturated heterocycles. The normalized spacial score (nSPS) is 26.4. The average Bonchev–Trinajstić information content (AvgIpc) is 2.75. The monoisotopic (exact) mass is 229 g/mol. The number of hydrogen-bond acceptors (Lipinski definition) is 4. The van der Waals surface area contributed by atoms with Crippen molar-refractivity contribution in [1.29, 1.82) is 0 Å². The fourth-order valence-electron chi connectivity index (χ4n) is 2.17. The minimum absolute atomic E-state index is 0.101. The Morgan fingerprint density at radius 1 is 1.35 bits per heavy atom. The van der Waals surface area contributed by atoms with E-state index in [1.54, 1.807) is 0 Å². The Labute approximate surface area is 100 Å². The summed E-state index contributed by atoms with van der Waals surface area (Å²) in [5.41, 5.74) is 7.69. The van der Waals surface area contributed by atoms with Gasteiger partial charge in [0.25, 0.3) is 0 Å². The maximum atomic E-state index is 5.96. The second kappa shape index (κ2) is 3.82. The number of para-hydroxylation sites is 1. The minimum Gasteiger partial charge on any atom is -0.472 e. The van der Waals surface area contributed by atoms with E-state index in [1.807, 2.05) is 49.7 Å². The number of nitrogens with zero attached hydrogens (tertiary/aromatic N) is 1. The molecule has 0 amide bonds. The minimum atomic E-state index is -0.171. The van der Waals surface area contributed by atoms with E-state index in [9.17, 15) is 0 Å². The van der Waals surface area contributed by atoms with Crippen LogP contribution in [0.15, 0.2) is 48.4 Å². The Hall–Kier alpha value is -1.94. The highest BCUT2D eigenvalue weighted by molar-refractivity contribution is 5.48. The van der Waals surface area contributed by atoms with Gasteiger partial charge in [-0.1, -0.05) is 18.2 Å². The number of rotatable bonds is 1. The molecule has 0 aromatic heterocycles. The molecule has 2 heterocycles. The van der Waals surface area contributed by atoms with Crippen LogP contribution in [-0.2, 0) is 4.74 Å². The van der Waals surface area contributed by atoms with Crippen LogP contribution in [0.1, 0.15) is 11.8 Å². The lowest BCUT2D eigenvalue weighted by Gasteiger charge is -2.24. The zero-order valence-electron chi connectivity index (χ0n) is 9.63. The summed E-state index contributed by atoms with van der Waals surface area (Å²) in [7, 11) is 2.02. The van der Waals surface area contributed by atoms with Gasteiger partial charge in [0.1, 0.15) is 11.9 Å². The van der Waals surface area contributed by atoms with Crippen LogP contribution in [-0.4, -0.2) is 18.1 Å². The lowest BCUT2D eigenvalue weighted by atomic mass is 10.1. The molecule has 2 atom stereocenters. The Morgan fingerprint density at radius 2 is 2.18 bits per heavy atom. The van der Waals surface area contributed by atoms with E-state index in [0.717, 1.165) is 17.0 Å². The van der Waals surface area contributed by atoms with Crippen molar-refractivity contribution in [2.24, 2.45) is 0 Å². The molecular formula is C13H15N3O. The molecule has 2 aliphatic rings. The molecule has 17 heavy (non-hydrogen) atoms. The topological polar surface area (TPSA) is 50.5 Å². The summed E-state index contributed by atoms with van der Waals surface area (Å²) in [5, 5.41) is 3.40. The number of benzene rings is 1. The van der Waals surface area contributed by atoms with Crippen LogP contribution in [0.2, 0.25) is 0 Å². The van der Waals surface area contributed by atoms with Crippen molar-refractivity contribution >= 4 is 5.69 Å². The first-order chi connectivity index (χ1) is 8.25. The predicted molar refractivity (Wildman–Crippen MR) is 66.6 cm³/mol. The van der Waals surface area contributed by atoms with E-state index >= 15 is 0 Å². The molecule has 0 aliphatic carbocycles. The van der Waals surface area contributed by atoms with Gasteiger partial charge in [0.05, 0.1) is 0 Å². The van der Waals surface area contributed by atoms with Crippen LogP contribution in [0, 0.1) is 0 Å². The molecule has 4 heteroatoms. The van der Waals surface area contributed by atoms with Gasteiger partial charge < -0.3 is 15.4 Å². The molecular weight excluding hydrogens is 214 g/mol. The number of fused-ring (bicyclic) bond motifs is 1. The van der Waals surface area contributed by atoms with Gasteiger partial charge in [0, 0.05) is 24.5 Å². The molecule has 1 aromatic carbocycles. The van der Waals surface area contributed by atoms with E-state index in [0.29, 0.717) is 0 Å². The summed E-state index contributed by atoms with van der Waals surface area (Å²) in [5.74, 6) is 0.934. The third-order valence-electron chi connectivity index (χ3n) is 3.10. The number of anilines is 1. The number of nitrogens with two attached hydrogens (primary N) is 1. The summed E-state index contributed by atoms with van der Waals surface area (Å²) in [6, 6.07) is 7.76. The van der Waals surface area contributed by atoms with Gasteiger partial charge in [-0.05, 0) is 18.2 Å². The second-order valence-electron chi connectivity index (χ2n) is 4.27. The van der Waals surface area contributed by atoms with Crippen molar-refractivity contribution in [2.45, 2.75) is 12.4 Å². The van der Waals surface area contributed by atoms with Gasteiger partial charge in [-0.25, -0.2) is 0 Å². The van der Waals surface area contributed by atoms with Gasteiger partial charge in [-0.3, -0.25) is 5.32 Å². The number of hydrogen-bond donors (Lipinski definition) is 2. The molecule has 1 fully saturated rings. The zero-order chi connectivity index (χ0) is 11.8. The third-order valence-corrected chi connectivity index (χ3v) is 3.10. The molecule has 0 spiro atoms. The first-order valence-electron chi connectivity index (χ1n) is 5.63. The fourth-order valence-corrected chi connectivity index (χ4v) is 2.17. The van der Waals surface area contributed by atoms with Crippen LogP contribution in [0.25, 0.3) is 0 Å². The van der Waals surface area contributed by atoms with E-state index in [2.05, 4.69) is 10.2 Å². The summed E-state index contributed by atoms with van der Waals surface area (Å²) >= 11 is 0. The van der Waals surface area contributed by atoms with Crippen LogP contribution in [0.4, 0.5) is 5.69 Å². The van der Waals surface area contributed by atoms with E-state index in [1.165, 1.54) is 0 Å². The molecule has 0 bridgehead atoms. The Bertz CT molecular complexity index is 495. The lowest BCUT2D eigenvalue weighted by molar-refractivity contribution is 0.148. The Morgan fingerprint density at radius 3 is 2.94 bits per heavy atom. The highest BCUT2D eigenvalue weighted by atomic mass is 16.5. The number of likely N-dealkylation sites (N-methyl/N-ethyl adjacent to an activating group) is 1. The molecule has 3 rings (SSSR count). The first kappa shape index (κ1) is 10.2. The smallest absolute Gasteiger partial charge is 0.180 e. The molecule has 88 valence electrons.